The number of phenolic OH excluding ortho intramolecular Hbond substituents is 1. The Balaban J connectivity index is 0.729. The van der Waals surface area contributed by atoms with Crippen molar-refractivity contribution >= 4 is 40.0 Å². The highest BCUT2D eigenvalue weighted by atomic mass is 32.2. The van der Waals surface area contributed by atoms with Crippen molar-refractivity contribution in [2.75, 3.05) is 13.1 Å². The van der Waals surface area contributed by atoms with Gasteiger partial charge in [-0.15, -0.1) is 13.2 Å². The number of nitrogens with one attached hydrogen (secondary N) is 1. The highest BCUT2D eigenvalue weighted by Crippen LogP contribution is 2.47. The van der Waals surface area contributed by atoms with Crippen LogP contribution in [0.2, 0.25) is 0 Å². The summed E-state index contributed by atoms with van der Waals surface area (Å²) in [7, 11) is 0. The van der Waals surface area contributed by atoms with Gasteiger partial charge >= 0.3 is 6.36 Å². The van der Waals surface area contributed by atoms with Crippen LogP contribution >= 0.6 is 11.8 Å². The number of carbonyl (C=O) groups is 2. The van der Waals surface area contributed by atoms with E-state index in [0.717, 1.165) is 65.0 Å². The number of alkyl halides is 3. The molecule has 1 fully saturated rings. The van der Waals surface area contributed by atoms with Gasteiger partial charge in [0.05, 0.1) is 35.3 Å². The number of para-hydroxylation sites is 2. The minimum absolute atomic E-state index is 0.0120. The third kappa shape index (κ3) is 10.4. The van der Waals surface area contributed by atoms with E-state index in [1.165, 1.54) is 52.2 Å². The number of carbonyl (C=O) groups excluding carboxylic acids is 2. The predicted octanol–water partition coefficient (Wildman–Crippen LogP) is 11.2. The summed E-state index contributed by atoms with van der Waals surface area (Å²) >= 11 is 1.49. The lowest BCUT2D eigenvalue weighted by molar-refractivity contribution is -0.274. The molecule has 2 aromatic heterocycles. The molecule has 350 valence electrons. The molecule has 10 nitrogen and oxygen atoms in total. The Bertz CT molecular complexity index is 3120. The van der Waals surface area contributed by atoms with Crippen molar-refractivity contribution in [1.82, 2.24) is 24.8 Å². The van der Waals surface area contributed by atoms with Gasteiger partial charge in [0, 0.05) is 43.0 Å². The number of aromatic nitrogens is 3. The number of hydrogen-bond donors (Lipinski definition) is 2. The molecule has 0 bridgehead atoms. The van der Waals surface area contributed by atoms with Crippen LogP contribution in [-0.2, 0) is 29.9 Å². The molecule has 14 heteroatoms. The lowest BCUT2D eigenvalue weighted by Gasteiger charge is -2.35. The fourth-order valence-corrected chi connectivity index (χ4v) is 10.6. The molecule has 3 heterocycles. The summed E-state index contributed by atoms with van der Waals surface area (Å²) in [5.74, 6) is 0.952. The molecule has 2 N–H and O–H groups in total. The second-order valence-electron chi connectivity index (χ2n) is 17.5. The number of likely N-dealkylation sites (tertiary alicyclic amines) is 1. The van der Waals surface area contributed by atoms with Crippen LogP contribution < -0.4 is 14.8 Å². The molecule has 2 amide bonds. The molecule has 1 aliphatic heterocycles. The van der Waals surface area contributed by atoms with Crippen molar-refractivity contribution in [3.05, 3.63) is 196 Å². The van der Waals surface area contributed by atoms with Gasteiger partial charge in [-0.1, -0.05) is 115 Å². The average molecular weight is 948 g/mol. The molecular formula is C55H48F3N5O5S. The van der Waals surface area contributed by atoms with Crippen molar-refractivity contribution in [3.63, 3.8) is 0 Å². The minimum Gasteiger partial charge on any atom is -0.508 e. The number of halogens is 3. The molecule has 1 aliphatic carbocycles. The largest absolute Gasteiger partial charge is 0.573 e. The van der Waals surface area contributed by atoms with Crippen LogP contribution in [0, 0.1) is 0 Å². The van der Waals surface area contributed by atoms with Crippen LogP contribution in [0.25, 0.3) is 16.4 Å². The van der Waals surface area contributed by atoms with Gasteiger partial charge in [-0.25, -0.2) is 9.50 Å². The first kappa shape index (κ1) is 45.5. The summed E-state index contributed by atoms with van der Waals surface area (Å²) in [5.41, 5.74) is 8.75. The summed E-state index contributed by atoms with van der Waals surface area (Å²) in [6, 6.07) is 47.6. The zero-order chi connectivity index (χ0) is 47.5. The van der Waals surface area contributed by atoms with Crippen molar-refractivity contribution in [1.29, 1.82) is 0 Å². The third-order valence-electron chi connectivity index (χ3n) is 13.0. The van der Waals surface area contributed by atoms with Crippen LogP contribution in [0.4, 0.5) is 13.2 Å². The average Bonchev–Trinajstić information content (AvgIpc) is 3.80. The zero-order valence-corrected chi connectivity index (χ0v) is 38.3. The fourth-order valence-electron chi connectivity index (χ4n) is 9.65. The Kier molecular flexibility index (Phi) is 13.0. The van der Waals surface area contributed by atoms with Crippen LogP contribution in [0.15, 0.2) is 157 Å². The summed E-state index contributed by atoms with van der Waals surface area (Å²) in [6.45, 7) is 1.21. The van der Waals surface area contributed by atoms with E-state index in [1.54, 1.807) is 10.6 Å². The van der Waals surface area contributed by atoms with Crippen molar-refractivity contribution in [2.45, 2.75) is 73.9 Å². The number of amides is 2. The van der Waals surface area contributed by atoms with Gasteiger partial charge in [0.2, 0.25) is 5.91 Å². The molecule has 1 saturated heterocycles. The zero-order valence-electron chi connectivity index (χ0n) is 37.4. The van der Waals surface area contributed by atoms with E-state index in [-0.39, 0.29) is 30.0 Å². The Labute approximate surface area is 401 Å². The summed E-state index contributed by atoms with van der Waals surface area (Å²) in [5, 5.41) is 19.1. The van der Waals surface area contributed by atoms with E-state index in [4.69, 9.17) is 14.8 Å². The van der Waals surface area contributed by atoms with E-state index in [1.807, 2.05) is 65.6 Å². The highest BCUT2D eigenvalue weighted by Gasteiger charge is 2.34. The number of piperidine rings is 1. The normalized spacial score (nSPS) is 16.3. The molecular weight excluding hydrogens is 900 g/mol. The number of benzene rings is 6. The molecule has 2 aliphatic rings. The molecule has 0 spiro atoms. The number of rotatable bonds is 13. The number of nitrogens with zero attached hydrogens (tertiary/aromatic N) is 4. The van der Waals surface area contributed by atoms with Crippen LogP contribution in [0.1, 0.15) is 80.5 Å². The molecule has 6 aromatic carbocycles. The topological polar surface area (TPSA) is 118 Å². The van der Waals surface area contributed by atoms with Crippen LogP contribution in [-0.4, -0.2) is 62.0 Å². The predicted molar refractivity (Wildman–Crippen MR) is 259 cm³/mol. The lowest BCUT2D eigenvalue weighted by Crippen LogP contribution is -2.42. The van der Waals surface area contributed by atoms with Gasteiger partial charge in [-0.05, 0) is 101 Å². The van der Waals surface area contributed by atoms with Gasteiger partial charge in [0.15, 0.2) is 5.16 Å². The maximum absolute atomic E-state index is 13.5. The van der Waals surface area contributed by atoms with Gasteiger partial charge in [-0.3, -0.25) is 9.59 Å². The number of fused-ring (bicyclic) bond motifs is 4. The van der Waals surface area contributed by atoms with E-state index in [2.05, 4.69) is 70.7 Å². The van der Waals surface area contributed by atoms with Crippen molar-refractivity contribution < 1.29 is 37.3 Å². The number of aromatic hydroxyl groups is 1. The van der Waals surface area contributed by atoms with E-state index in [0.29, 0.717) is 47.8 Å². The summed E-state index contributed by atoms with van der Waals surface area (Å²) in [4.78, 5) is 33.3. The molecule has 2 atom stereocenters. The summed E-state index contributed by atoms with van der Waals surface area (Å²) in [6.07, 6.45) is -1.21. The molecule has 0 saturated carbocycles. The van der Waals surface area contributed by atoms with Crippen LogP contribution in [0.3, 0.4) is 0 Å². The maximum atomic E-state index is 13.5. The van der Waals surface area contributed by atoms with Gasteiger partial charge in [0.25, 0.3) is 5.91 Å². The second kappa shape index (κ2) is 19.7. The standard InChI is InChI=1S/C55H48F3N5O5S/c56-55(57,58)68-50-13-7-5-11-47(50)53(66)59-33-40-32-49-46-10-4-6-12-48(46)60-54(63(49)61-40)69-34-36-16-14-35(15-17-36)30-51(65)62-28-26-43(27-29-62)67-42-22-18-38(19-23-42)52-44(37-8-2-1-3-9-37)24-20-39-31-41(64)21-25-45(39)52/h1-19,21-23,25,31-32,43-44,52,64H,20,24,26-30,33-34H2,(H,59,66)/t44-,52+/m1/s1. The Morgan fingerprint density at radius 1 is 0.783 bits per heavy atom. The molecule has 10 rings (SSSR count). The van der Waals surface area contributed by atoms with Gasteiger partial charge < -0.3 is 24.8 Å². The van der Waals surface area contributed by atoms with Crippen molar-refractivity contribution in [2.24, 2.45) is 0 Å². The van der Waals surface area contributed by atoms with E-state index >= 15 is 0 Å². The maximum Gasteiger partial charge on any atom is 0.573 e. The highest BCUT2D eigenvalue weighted by molar-refractivity contribution is 7.98. The number of ether oxygens (including phenoxy) is 2. The lowest BCUT2D eigenvalue weighted by atomic mass is 9.69. The molecule has 0 unspecified atom stereocenters. The smallest absolute Gasteiger partial charge is 0.508 e. The quantitative estimate of drug-likeness (QED) is 0.0867. The minimum atomic E-state index is -4.94. The second-order valence-corrected chi connectivity index (χ2v) is 18.5. The molecule has 69 heavy (non-hydrogen) atoms. The third-order valence-corrected chi connectivity index (χ3v) is 14.0. The monoisotopic (exact) mass is 947 g/mol. The Morgan fingerprint density at radius 3 is 2.29 bits per heavy atom. The van der Waals surface area contributed by atoms with Gasteiger partial charge in [-0.2, -0.15) is 5.10 Å². The Hall–Kier alpha value is -7.32. The molecule has 8 aromatic rings. The number of hydrogen-bond acceptors (Lipinski definition) is 8. The van der Waals surface area contributed by atoms with Crippen LogP contribution in [0.5, 0.6) is 17.2 Å². The Morgan fingerprint density at radius 2 is 1.51 bits per heavy atom. The first-order chi connectivity index (χ1) is 33.5. The van der Waals surface area contributed by atoms with Crippen molar-refractivity contribution in [3.8, 4) is 17.2 Å². The van der Waals surface area contributed by atoms with E-state index < -0.39 is 18.0 Å². The SMILES string of the molecule is O=C(NCc1cc2c3ccccc3nc(SCc3ccc(CC(=O)N4CCC(Oc5ccc([C@@H]6c7ccc(O)cc7CC[C@@H]6c6ccccc6)cc5)CC4)cc3)n2n1)c1ccccc1OC(F)(F)F. The van der Waals surface area contributed by atoms with E-state index in [9.17, 15) is 27.9 Å². The van der Waals surface area contributed by atoms with Gasteiger partial charge in [0.1, 0.15) is 23.4 Å². The first-order valence-electron chi connectivity index (χ1n) is 23.0. The number of thioether (sulfide) groups is 1. The number of phenols is 1. The number of aryl methyl sites for hydroxylation is 1. The first-order valence-corrected chi connectivity index (χ1v) is 24.0. The molecule has 0 radical (unpaired) electrons. The fraction of sp³-hybridized carbons (Fsp3) is 0.236. The summed E-state index contributed by atoms with van der Waals surface area (Å²) < 4.78 is 51.2.